The molecule has 8 heteroatoms. The van der Waals surface area contributed by atoms with Crippen molar-refractivity contribution >= 4 is 33.1 Å². The van der Waals surface area contributed by atoms with Crippen LogP contribution in [0.2, 0.25) is 0 Å². The Hall–Kier alpha value is -2.61. The first-order valence-corrected chi connectivity index (χ1v) is 10.8. The van der Waals surface area contributed by atoms with Crippen molar-refractivity contribution in [1.29, 1.82) is 0 Å². The first-order chi connectivity index (χ1) is 14.3. The van der Waals surface area contributed by atoms with E-state index in [0.29, 0.717) is 19.0 Å². The quantitative estimate of drug-likeness (QED) is 0.538. The van der Waals surface area contributed by atoms with Crippen LogP contribution in [-0.4, -0.2) is 50.3 Å². The SMILES string of the molecule is CC(C)(C)OC(=O)N1CCC(Oc2ncnc3c2ccn3-c2ccc(Br)cc2)CC1. The van der Waals surface area contributed by atoms with Gasteiger partial charge in [-0.1, -0.05) is 15.9 Å². The molecule has 1 fully saturated rings. The summed E-state index contributed by atoms with van der Waals surface area (Å²) < 4.78 is 14.7. The van der Waals surface area contributed by atoms with Crippen LogP contribution in [0.1, 0.15) is 33.6 Å². The van der Waals surface area contributed by atoms with Crippen molar-refractivity contribution in [2.45, 2.75) is 45.3 Å². The van der Waals surface area contributed by atoms with E-state index in [4.69, 9.17) is 9.47 Å². The summed E-state index contributed by atoms with van der Waals surface area (Å²) in [7, 11) is 0. The maximum Gasteiger partial charge on any atom is 0.410 e. The number of carbonyl (C=O) groups excluding carboxylic acids is 1. The number of nitrogens with zero attached hydrogens (tertiary/aromatic N) is 4. The number of fused-ring (bicyclic) bond motifs is 1. The van der Waals surface area contributed by atoms with Crippen molar-refractivity contribution in [1.82, 2.24) is 19.4 Å². The molecule has 1 saturated heterocycles. The Labute approximate surface area is 184 Å². The van der Waals surface area contributed by atoms with Crippen molar-refractivity contribution in [2.24, 2.45) is 0 Å². The van der Waals surface area contributed by atoms with E-state index in [1.807, 2.05) is 61.9 Å². The number of likely N-dealkylation sites (tertiary alicyclic amines) is 1. The highest BCUT2D eigenvalue weighted by Gasteiger charge is 2.28. The molecule has 1 amide bonds. The number of ether oxygens (including phenoxy) is 2. The van der Waals surface area contributed by atoms with Crippen LogP contribution in [-0.2, 0) is 4.74 Å². The zero-order chi connectivity index (χ0) is 21.3. The number of aromatic nitrogens is 3. The van der Waals surface area contributed by atoms with Crippen molar-refractivity contribution < 1.29 is 14.3 Å². The molecule has 0 spiro atoms. The first kappa shape index (κ1) is 20.7. The van der Waals surface area contributed by atoms with E-state index in [0.717, 1.165) is 34.0 Å². The smallest absolute Gasteiger partial charge is 0.410 e. The summed E-state index contributed by atoms with van der Waals surface area (Å²) in [5, 5.41) is 0.870. The summed E-state index contributed by atoms with van der Waals surface area (Å²) in [5.41, 5.74) is 1.33. The molecule has 0 radical (unpaired) electrons. The van der Waals surface area contributed by atoms with Gasteiger partial charge in [0.1, 0.15) is 18.0 Å². The molecule has 1 aliphatic rings. The number of hydrogen-bond donors (Lipinski definition) is 0. The molecule has 30 heavy (non-hydrogen) atoms. The van der Waals surface area contributed by atoms with E-state index in [1.54, 1.807) is 4.90 Å². The van der Waals surface area contributed by atoms with E-state index in [-0.39, 0.29) is 12.2 Å². The molecular weight excluding hydrogens is 448 g/mol. The minimum Gasteiger partial charge on any atom is -0.474 e. The number of halogens is 1. The van der Waals surface area contributed by atoms with Gasteiger partial charge in [0.2, 0.25) is 5.88 Å². The Kier molecular flexibility index (Phi) is 5.69. The Bertz CT molecular complexity index is 1030. The van der Waals surface area contributed by atoms with Crippen molar-refractivity contribution in [3.05, 3.63) is 47.3 Å². The first-order valence-electron chi connectivity index (χ1n) is 10.0. The topological polar surface area (TPSA) is 69.5 Å². The van der Waals surface area contributed by atoms with Gasteiger partial charge in [0.15, 0.2) is 5.65 Å². The molecule has 0 atom stereocenters. The van der Waals surface area contributed by atoms with Gasteiger partial charge in [-0.3, -0.25) is 0 Å². The summed E-state index contributed by atoms with van der Waals surface area (Å²) in [5.74, 6) is 0.576. The lowest BCUT2D eigenvalue weighted by atomic mass is 10.1. The highest BCUT2D eigenvalue weighted by Crippen LogP contribution is 2.28. The summed E-state index contributed by atoms with van der Waals surface area (Å²) in [6.07, 6.45) is 4.70. The van der Waals surface area contributed by atoms with Gasteiger partial charge >= 0.3 is 6.09 Å². The van der Waals surface area contributed by atoms with Crippen molar-refractivity contribution in [3.8, 4) is 11.6 Å². The fourth-order valence-corrected chi connectivity index (χ4v) is 3.74. The third-order valence-corrected chi connectivity index (χ3v) is 5.45. The number of benzene rings is 1. The Balaban J connectivity index is 1.45. The minimum absolute atomic E-state index is 0.00202. The van der Waals surface area contributed by atoms with Gasteiger partial charge in [0, 0.05) is 42.3 Å². The third kappa shape index (κ3) is 4.59. The molecule has 3 aromatic rings. The zero-order valence-corrected chi connectivity index (χ0v) is 18.9. The molecule has 7 nitrogen and oxygen atoms in total. The lowest BCUT2D eigenvalue weighted by molar-refractivity contribution is 0.0124. The number of hydrogen-bond acceptors (Lipinski definition) is 5. The predicted octanol–water partition coefficient (Wildman–Crippen LogP) is 4.96. The van der Waals surface area contributed by atoms with E-state index in [1.165, 1.54) is 6.33 Å². The molecule has 0 aliphatic carbocycles. The van der Waals surface area contributed by atoms with E-state index < -0.39 is 5.60 Å². The fourth-order valence-electron chi connectivity index (χ4n) is 3.47. The van der Waals surface area contributed by atoms with Crippen LogP contribution in [0.4, 0.5) is 4.79 Å². The summed E-state index contributed by atoms with van der Waals surface area (Å²) >= 11 is 3.47. The van der Waals surface area contributed by atoms with Gasteiger partial charge in [-0.15, -0.1) is 0 Å². The maximum absolute atomic E-state index is 12.2. The van der Waals surface area contributed by atoms with Crippen LogP contribution in [0.5, 0.6) is 5.88 Å². The standard InChI is InChI=1S/C22H25BrN4O3/c1-22(2,3)30-21(28)26-11-8-17(9-12-26)29-20-18-10-13-27(19(18)24-14-25-20)16-6-4-15(23)5-7-16/h4-7,10,13-14,17H,8-9,11-12H2,1-3H3. The largest absolute Gasteiger partial charge is 0.474 e. The fraction of sp³-hybridized carbons (Fsp3) is 0.409. The number of carbonyl (C=O) groups is 1. The maximum atomic E-state index is 12.2. The molecule has 1 aliphatic heterocycles. The predicted molar refractivity (Wildman–Crippen MR) is 118 cm³/mol. The van der Waals surface area contributed by atoms with Gasteiger partial charge in [0.05, 0.1) is 5.39 Å². The summed E-state index contributed by atoms with van der Waals surface area (Å²) in [4.78, 5) is 22.8. The molecule has 1 aromatic carbocycles. The van der Waals surface area contributed by atoms with Crippen molar-refractivity contribution in [2.75, 3.05) is 13.1 Å². The lowest BCUT2D eigenvalue weighted by Gasteiger charge is -2.33. The number of amides is 1. The van der Waals surface area contributed by atoms with Gasteiger partial charge in [-0.05, 0) is 51.1 Å². The van der Waals surface area contributed by atoms with Crippen LogP contribution in [0.3, 0.4) is 0 Å². The summed E-state index contributed by atoms with van der Waals surface area (Å²) in [6.45, 7) is 6.84. The second-order valence-corrected chi connectivity index (χ2v) is 9.28. The average Bonchev–Trinajstić information content (AvgIpc) is 3.13. The lowest BCUT2D eigenvalue weighted by Crippen LogP contribution is -2.44. The zero-order valence-electron chi connectivity index (χ0n) is 17.3. The highest BCUT2D eigenvalue weighted by molar-refractivity contribution is 9.10. The van der Waals surface area contributed by atoms with Gasteiger partial charge < -0.3 is 18.9 Å². The molecule has 3 heterocycles. The van der Waals surface area contributed by atoms with Crippen LogP contribution >= 0.6 is 15.9 Å². The molecule has 4 rings (SSSR count). The Morgan fingerprint density at radius 3 is 2.47 bits per heavy atom. The Morgan fingerprint density at radius 1 is 1.10 bits per heavy atom. The van der Waals surface area contributed by atoms with Gasteiger partial charge in [-0.2, -0.15) is 0 Å². The monoisotopic (exact) mass is 472 g/mol. The minimum atomic E-state index is -0.487. The Morgan fingerprint density at radius 2 is 1.80 bits per heavy atom. The second kappa shape index (κ2) is 8.26. The van der Waals surface area contributed by atoms with Gasteiger partial charge in [-0.25, -0.2) is 14.8 Å². The van der Waals surface area contributed by atoms with E-state index in [9.17, 15) is 4.79 Å². The van der Waals surface area contributed by atoms with Crippen molar-refractivity contribution in [3.63, 3.8) is 0 Å². The molecule has 0 bridgehead atoms. The molecule has 2 aromatic heterocycles. The van der Waals surface area contributed by atoms with Crippen LogP contribution in [0.15, 0.2) is 47.3 Å². The molecule has 0 N–H and O–H groups in total. The highest BCUT2D eigenvalue weighted by atomic mass is 79.9. The average molecular weight is 473 g/mol. The number of piperidine rings is 1. The third-order valence-electron chi connectivity index (χ3n) is 4.92. The second-order valence-electron chi connectivity index (χ2n) is 8.36. The normalized spacial score (nSPS) is 15.4. The summed E-state index contributed by atoms with van der Waals surface area (Å²) in [6, 6.07) is 10.0. The van der Waals surface area contributed by atoms with Gasteiger partial charge in [0.25, 0.3) is 0 Å². The molecular formula is C22H25BrN4O3. The molecule has 0 unspecified atom stereocenters. The van der Waals surface area contributed by atoms with E-state index in [2.05, 4.69) is 25.9 Å². The van der Waals surface area contributed by atoms with E-state index >= 15 is 0 Å². The van der Waals surface area contributed by atoms with Crippen LogP contribution in [0, 0.1) is 0 Å². The van der Waals surface area contributed by atoms with Crippen LogP contribution in [0.25, 0.3) is 16.7 Å². The molecule has 158 valence electrons. The van der Waals surface area contributed by atoms with Crippen LogP contribution < -0.4 is 4.74 Å². The molecule has 0 saturated carbocycles. The number of rotatable bonds is 3.